The number of benzene rings is 1. The van der Waals surface area contributed by atoms with E-state index in [0.29, 0.717) is 4.47 Å². The Morgan fingerprint density at radius 2 is 2.10 bits per heavy atom. The monoisotopic (exact) mass is 355 g/mol. The number of carbonyl (C=O) groups excluding carboxylic acids is 1. The van der Waals surface area contributed by atoms with E-state index in [0.717, 1.165) is 12.1 Å². The maximum Gasteiger partial charge on any atom is 0.374 e. The number of nitro groups is 1. The first-order valence-corrected chi connectivity index (χ1v) is 6.13. The molecule has 2 N–H and O–H groups in total. The molecule has 2 aromatic rings. The maximum absolute atomic E-state index is 11.9. The number of aromatic nitrogens is 1. The Bertz CT molecular complexity index is 741. The highest BCUT2D eigenvalue weighted by Gasteiger charge is 2.18. The van der Waals surface area contributed by atoms with Crippen LogP contribution in [-0.2, 0) is 0 Å². The number of hydrogen-bond acceptors (Lipinski definition) is 6. The number of nitrogens with one attached hydrogen (secondary N) is 1. The molecule has 0 fully saturated rings. The smallest absolute Gasteiger partial charge is 0.374 e. The van der Waals surface area contributed by atoms with Crippen LogP contribution in [0.4, 0.5) is 11.4 Å². The normalized spacial score (nSPS) is 10.1. The SMILES string of the molecule is O=C(Nc1cc([N+](=O)[O-])ccc1Br)c1cc(C(=O)O)on1. The number of non-ortho nitro benzene ring substituents is 1. The van der Waals surface area contributed by atoms with Crippen molar-refractivity contribution in [3.05, 3.63) is 50.3 Å². The fourth-order valence-corrected chi connectivity index (χ4v) is 1.74. The van der Waals surface area contributed by atoms with Crippen LogP contribution in [0.2, 0.25) is 0 Å². The van der Waals surface area contributed by atoms with Crippen LogP contribution in [0.3, 0.4) is 0 Å². The fourth-order valence-electron chi connectivity index (χ4n) is 1.39. The van der Waals surface area contributed by atoms with E-state index in [1.165, 1.54) is 12.1 Å². The molecule has 1 aromatic carbocycles. The quantitative estimate of drug-likeness (QED) is 0.634. The van der Waals surface area contributed by atoms with Crippen molar-refractivity contribution in [2.24, 2.45) is 0 Å². The molecular formula is C11H6BrN3O6. The molecule has 0 bridgehead atoms. The lowest BCUT2D eigenvalue weighted by Crippen LogP contribution is -2.12. The highest BCUT2D eigenvalue weighted by molar-refractivity contribution is 9.10. The van der Waals surface area contributed by atoms with Crippen LogP contribution in [-0.4, -0.2) is 27.1 Å². The van der Waals surface area contributed by atoms with Gasteiger partial charge in [0.25, 0.3) is 11.6 Å². The summed E-state index contributed by atoms with van der Waals surface area (Å²) < 4.78 is 4.87. The largest absolute Gasteiger partial charge is 0.475 e. The second-order valence-electron chi connectivity index (χ2n) is 3.76. The van der Waals surface area contributed by atoms with Crippen LogP contribution in [0.1, 0.15) is 21.0 Å². The number of anilines is 1. The van der Waals surface area contributed by atoms with Gasteiger partial charge in [0.15, 0.2) is 5.69 Å². The summed E-state index contributed by atoms with van der Waals surface area (Å²) in [6.07, 6.45) is 0. The number of hydrogen-bond donors (Lipinski definition) is 2. The molecule has 0 unspecified atom stereocenters. The van der Waals surface area contributed by atoms with E-state index in [2.05, 4.69) is 30.9 Å². The number of nitrogens with zero attached hydrogens (tertiary/aromatic N) is 2. The maximum atomic E-state index is 11.9. The van der Waals surface area contributed by atoms with Gasteiger partial charge in [-0.05, 0) is 22.0 Å². The lowest BCUT2D eigenvalue weighted by Gasteiger charge is -2.05. The molecule has 0 atom stereocenters. The van der Waals surface area contributed by atoms with Crippen molar-refractivity contribution < 1.29 is 24.1 Å². The van der Waals surface area contributed by atoms with E-state index in [1.54, 1.807) is 0 Å². The van der Waals surface area contributed by atoms with Gasteiger partial charge in [-0.2, -0.15) is 0 Å². The zero-order chi connectivity index (χ0) is 15.6. The Morgan fingerprint density at radius 3 is 2.67 bits per heavy atom. The number of carboxylic acid groups (broad SMARTS) is 1. The molecule has 1 amide bonds. The van der Waals surface area contributed by atoms with Crippen molar-refractivity contribution in [3.8, 4) is 0 Å². The van der Waals surface area contributed by atoms with Crippen LogP contribution in [0.15, 0.2) is 33.3 Å². The molecule has 0 saturated carbocycles. The van der Waals surface area contributed by atoms with Gasteiger partial charge < -0.3 is 14.9 Å². The summed E-state index contributed by atoms with van der Waals surface area (Å²) >= 11 is 3.13. The minimum atomic E-state index is -1.36. The van der Waals surface area contributed by atoms with Crippen molar-refractivity contribution in [1.82, 2.24) is 5.16 Å². The van der Waals surface area contributed by atoms with Crippen molar-refractivity contribution in [3.63, 3.8) is 0 Å². The lowest BCUT2D eigenvalue weighted by atomic mass is 10.2. The van der Waals surface area contributed by atoms with Crippen molar-refractivity contribution in [2.45, 2.75) is 0 Å². The number of rotatable bonds is 4. The first kappa shape index (κ1) is 14.7. The van der Waals surface area contributed by atoms with Crippen molar-refractivity contribution in [1.29, 1.82) is 0 Å². The first-order valence-electron chi connectivity index (χ1n) is 5.34. The molecule has 0 aliphatic carbocycles. The fraction of sp³-hybridized carbons (Fsp3) is 0. The van der Waals surface area contributed by atoms with Gasteiger partial charge in [-0.15, -0.1) is 0 Å². The van der Waals surface area contributed by atoms with E-state index in [4.69, 9.17) is 5.11 Å². The summed E-state index contributed by atoms with van der Waals surface area (Å²) in [7, 11) is 0. The van der Waals surface area contributed by atoms with Crippen LogP contribution in [0.25, 0.3) is 0 Å². The van der Waals surface area contributed by atoms with Crippen LogP contribution in [0.5, 0.6) is 0 Å². The molecule has 0 aliphatic rings. The van der Waals surface area contributed by atoms with Gasteiger partial charge in [0.2, 0.25) is 5.76 Å². The topological polar surface area (TPSA) is 136 Å². The minimum Gasteiger partial charge on any atom is -0.475 e. The van der Waals surface area contributed by atoms with E-state index in [1.807, 2.05) is 0 Å². The number of halogens is 1. The summed E-state index contributed by atoms with van der Waals surface area (Å²) in [5.41, 5.74) is -0.320. The molecule has 108 valence electrons. The average molecular weight is 356 g/mol. The van der Waals surface area contributed by atoms with Gasteiger partial charge in [-0.25, -0.2) is 4.79 Å². The molecule has 1 heterocycles. The number of aromatic carboxylic acids is 1. The molecule has 21 heavy (non-hydrogen) atoms. The van der Waals surface area contributed by atoms with E-state index >= 15 is 0 Å². The second-order valence-corrected chi connectivity index (χ2v) is 4.61. The molecule has 0 aliphatic heterocycles. The second kappa shape index (κ2) is 5.71. The summed E-state index contributed by atoms with van der Waals surface area (Å²) in [5.74, 6) is -2.61. The van der Waals surface area contributed by atoms with Gasteiger partial charge >= 0.3 is 5.97 Å². The van der Waals surface area contributed by atoms with Gasteiger partial charge in [-0.3, -0.25) is 14.9 Å². The van der Waals surface area contributed by atoms with Gasteiger partial charge in [0.1, 0.15) is 0 Å². The summed E-state index contributed by atoms with van der Waals surface area (Å²) in [6.45, 7) is 0. The molecule has 0 saturated heterocycles. The highest BCUT2D eigenvalue weighted by atomic mass is 79.9. The molecule has 0 spiro atoms. The molecule has 10 heteroatoms. The molecule has 2 rings (SSSR count). The third kappa shape index (κ3) is 3.23. The summed E-state index contributed by atoms with van der Waals surface area (Å²) in [4.78, 5) is 32.6. The Morgan fingerprint density at radius 1 is 1.38 bits per heavy atom. The van der Waals surface area contributed by atoms with Gasteiger partial charge in [0.05, 0.1) is 10.6 Å². The molecule has 1 aromatic heterocycles. The zero-order valence-electron chi connectivity index (χ0n) is 10.1. The Balaban J connectivity index is 2.24. The predicted octanol–water partition coefficient (Wildman–Crippen LogP) is 2.30. The van der Waals surface area contributed by atoms with Crippen molar-refractivity contribution in [2.75, 3.05) is 5.32 Å². The molecular weight excluding hydrogens is 350 g/mol. The third-order valence-corrected chi connectivity index (χ3v) is 3.05. The lowest BCUT2D eigenvalue weighted by molar-refractivity contribution is -0.384. The Hall–Kier alpha value is -2.75. The predicted molar refractivity (Wildman–Crippen MR) is 72.2 cm³/mol. The minimum absolute atomic E-state index is 0.147. The summed E-state index contributed by atoms with van der Waals surface area (Å²) in [5, 5.41) is 25.0. The zero-order valence-corrected chi connectivity index (χ0v) is 11.7. The molecule has 0 radical (unpaired) electrons. The highest BCUT2D eigenvalue weighted by Crippen LogP contribution is 2.27. The van der Waals surface area contributed by atoms with Gasteiger partial charge in [0, 0.05) is 22.7 Å². The van der Waals surface area contributed by atoms with E-state index < -0.39 is 22.6 Å². The number of amides is 1. The average Bonchev–Trinajstić information content (AvgIpc) is 2.90. The van der Waals surface area contributed by atoms with E-state index in [-0.39, 0.29) is 17.1 Å². The third-order valence-electron chi connectivity index (χ3n) is 2.36. The number of carbonyl (C=O) groups is 2. The van der Waals surface area contributed by atoms with Crippen molar-refractivity contribution >= 4 is 39.2 Å². The first-order chi connectivity index (χ1) is 9.88. The van der Waals surface area contributed by atoms with E-state index in [9.17, 15) is 19.7 Å². The van der Waals surface area contributed by atoms with Gasteiger partial charge in [-0.1, -0.05) is 5.16 Å². The van der Waals surface area contributed by atoms with Crippen LogP contribution in [0, 0.1) is 10.1 Å². The van der Waals surface area contributed by atoms with Crippen LogP contribution >= 0.6 is 15.9 Å². The number of nitro benzene ring substituents is 1. The number of carboxylic acids is 1. The van der Waals surface area contributed by atoms with Crippen LogP contribution < -0.4 is 5.32 Å². The standard InChI is InChI=1S/C11H6BrN3O6/c12-6-2-1-5(15(19)20)3-7(6)13-10(16)8-4-9(11(17)18)21-14-8/h1-4H,(H,13,16)(H,17,18). The Kier molecular flexibility index (Phi) is 3.98. The summed E-state index contributed by atoms with van der Waals surface area (Å²) in [6, 6.07) is 4.76. The Labute approximate surface area is 124 Å². The molecule has 9 nitrogen and oxygen atoms in total.